The van der Waals surface area contributed by atoms with Crippen LogP contribution >= 0.6 is 0 Å². The first-order chi connectivity index (χ1) is 6.72. The van der Waals surface area contributed by atoms with Gasteiger partial charge in [-0.15, -0.1) is 0 Å². The summed E-state index contributed by atoms with van der Waals surface area (Å²) in [7, 11) is 0. The van der Waals surface area contributed by atoms with Crippen LogP contribution in [0.4, 0.5) is 0 Å². The van der Waals surface area contributed by atoms with Crippen molar-refractivity contribution in [1.82, 2.24) is 0 Å². The fraction of sp³-hybridized carbons (Fsp3) is 1.00. The van der Waals surface area contributed by atoms with Crippen molar-refractivity contribution in [3.05, 3.63) is 0 Å². The molecule has 0 bridgehead atoms. The van der Waals surface area contributed by atoms with Crippen LogP contribution in [-0.2, 0) is 4.74 Å². The minimum atomic E-state index is 0.0294. The van der Waals surface area contributed by atoms with Crippen LogP contribution in [0.1, 0.15) is 52.4 Å². The van der Waals surface area contributed by atoms with Gasteiger partial charge in [-0.05, 0) is 18.8 Å². The van der Waals surface area contributed by atoms with E-state index in [9.17, 15) is 0 Å². The summed E-state index contributed by atoms with van der Waals surface area (Å²) < 4.78 is 6.05. The van der Waals surface area contributed by atoms with E-state index in [0.717, 1.165) is 6.61 Å². The Kier molecular flexibility index (Phi) is 4.90. The standard InChI is InChI=1S/C12H25NO/c1-3-11(2)9-14-12(10-13)7-5-4-6-8-12/h11H,3-10,13H2,1-2H3. The zero-order chi connectivity index (χ0) is 10.4. The highest BCUT2D eigenvalue weighted by atomic mass is 16.5. The highest BCUT2D eigenvalue weighted by Gasteiger charge is 2.31. The molecule has 0 aromatic heterocycles. The molecule has 1 aliphatic carbocycles. The molecular formula is C12H25NO. The molecule has 0 aromatic carbocycles. The van der Waals surface area contributed by atoms with Crippen molar-refractivity contribution in [2.24, 2.45) is 11.7 Å². The van der Waals surface area contributed by atoms with Crippen LogP contribution in [-0.4, -0.2) is 18.8 Å². The fourth-order valence-corrected chi connectivity index (χ4v) is 2.04. The summed E-state index contributed by atoms with van der Waals surface area (Å²) in [5.41, 5.74) is 5.87. The second-order valence-corrected chi connectivity index (χ2v) is 4.77. The minimum absolute atomic E-state index is 0.0294. The van der Waals surface area contributed by atoms with Gasteiger partial charge in [-0.3, -0.25) is 0 Å². The van der Waals surface area contributed by atoms with Gasteiger partial charge < -0.3 is 10.5 Å². The largest absolute Gasteiger partial charge is 0.373 e. The monoisotopic (exact) mass is 199 g/mol. The van der Waals surface area contributed by atoms with Gasteiger partial charge in [0.2, 0.25) is 0 Å². The van der Waals surface area contributed by atoms with Gasteiger partial charge in [0.1, 0.15) is 0 Å². The number of hydrogen-bond donors (Lipinski definition) is 1. The SMILES string of the molecule is CCC(C)COC1(CN)CCCCC1. The van der Waals surface area contributed by atoms with Crippen LogP contribution in [0.3, 0.4) is 0 Å². The Morgan fingerprint density at radius 3 is 2.43 bits per heavy atom. The molecule has 2 nitrogen and oxygen atoms in total. The van der Waals surface area contributed by atoms with Gasteiger partial charge in [0.05, 0.1) is 5.60 Å². The van der Waals surface area contributed by atoms with E-state index in [2.05, 4.69) is 13.8 Å². The third-order valence-electron chi connectivity index (χ3n) is 3.51. The molecule has 0 spiro atoms. The molecule has 1 rings (SSSR count). The van der Waals surface area contributed by atoms with Gasteiger partial charge in [0.25, 0.3) is 0 Å². The van der Waals surface area contributed by atoms with E-state index in [-0.39, 0.29) is 5.60 Å². The van der Waals surface area contributed by atoms with E-state index in [1.807, 2.05) is 0 Å². The van der Waals surface area contributed by atoms with Crippen LogP contribution in [0, 0.1) is 5.92 Å². The van der Waals surface area contributed by atoms with Gasteiger partial charge in [0.15, 0.2) is 0 Å². The highest BCUT2D eigenvalue weighted by Crippen LogP contribution is 2.31. The maximum absolute atomic E-state index is 6.05. The van der Waals surface area contributed by atoms with Crippen LogP contribution in [0.15, 0.2) is 0 Å². The Morgan fingerprint density at radius 1 is 1.29 bits per heavy atom. The van der Waals surface area contributed by atoms with Gasteiger partial charge in [-0.2, -0.15) is 0 Å². The Hall–Kier alpha value is -0.0800. The van der Waals surface area contributed by atoms with E-state index >= 15 is 0 Å². The molecule has 0 aromatic rings. The molecule has 2 heteroatoms. The molecule has 0 aliphatic heterocycles. The first-order valence-electron chi connectivity index (χ1n) is 6.06. The van der Waals surface area contributed by atoms with E-state index in [1.165, 1.54) is 38.5 Å². The molecule has 0 radical (unpaired) electrons. The summed E-state index contributed by atoms with van der Waals surface area (Å²) >= 11 is 0. The zero-order valence-electron chi connectivity index (χ0n) is 9.72. The molecule has 84 valence electrons. The van der Waals surface area contributed by atoms with Crippen LogP contribution in [0.5, 0.6) is 0 Å². The van der Waals surface area contributed by atoms with Crippen molar-refractivity contribution in [3.8, 4) is 0 Å². The normalized spacial score (nSPS) is 23.4. The molecule has 14 heavy (non-hydrogen) atoms. The smallest absolute Gasteiger partial charge is 0.0804 e. The molecule has 1 fully saturated rings. The molecule has 2 N–H and O–H groups in total. The lowest BCUT2D eigenvalue weighted by Crippen LogP contribution is -2.43. The summed E-state index contributed by atoms with van der Waals surface area (Å²) in [5, 5.41) is 0. The molecule has 0 heterocycles. The zero-order valence-corrected chi connectivity index (χ0v) is 9.72. The predicted octanol–water partition coefficient (Wildman–Crippen LogP) is 2.71. The third-order valence-corrected chi connectivity index (χ3v) is 3.51. The van der Waals surface area contributed by atoms with E-state index < -0.39 is 0 Å². The van der Waals surface area contributed by atoms with E-state index in [0.29, 0.717) is 12.5 Å². The lowest BCUT2D eigenvalue weighted by Gasteiger charge is -2.37. The van der Waals surface area contributed by atoms with E-state index in [4.69, 9.17) is 10.5 Å². The molecule has 1 aliphatic rings. The Labute approximate surface area is 88.2 Å². The predicted molar refractivity (Wildman–Crippen MR) is 60.3 cm³/mol. The summed E-state index contributed by atoms with van der Waals surface area (Å²) in [6, 6.07) is 0. The minimum Gasteiger partial charge on any atom is -0.373 e. The summed E-state index contributed by atoms with van der Waals surface area (Å²) in [5.74, 6) is 0.667. The average molecular weight is 199 g/mol. The maximum Gasteiger partial charge on any atom is 0.0804 e. The molecule has 0 amide bonds. The number of hydrogen-bond acceptors (Lipinski definition) is 2. The topological polar surface area (TPSA) is 35.2 Å². The van der Waals surface area contributed by atoms with E-state index in [1.54, 1.807) is 0 Å². The number of rotatable bonds is 5. The van der Waals surface area contributed by atoms with Crippen molar-refractivity contribution in [2.75, 3.05) is 13.2 Å². The van der Waals surface area contributed by atoms with Crippen LogP contribution in [0.25, 0.3) is 0 Å². The lowest BCUT2D eigenvalue weighted by molar-refractivity contribution is -0.0751. The summed E-state index contributed by atoms with van der Waals surface area (Å²) in [4.78, 5) is 0. The number of ether oxygens (including phenoxy) is 1. The first kappa shape index (κ1) is 12.0. The second kappa shape index (κ2) is 5.72. The fourth-order valence-electron chi connectivity index (χ4n) is 2.04. The van der Waals surface area contributed by atoms with Gasteiger partial charge >= 0.3 is 0 Å². The summed E-state index contributed by atoms with van der Waals surface area (Å²) in [6.07, 6.45) is 7.46. The van der Waals surface area contributed by atoms with Crippen molar-refractivity contribution in [3.63, 3.8) is 0 Å². The Bertz CT molecular complexity index is 152. The lowest BCUT2D eigenvalue weighted by atomic mass is 9.84. The molecular weight excluding hydrogens is 174 g/mol. The quantitative estimate of drug-likeness (QED) is 0.739. The highest BCUT2D eigenvalue weighted by molar-refractivity contribution is 4.85. The molecule has 1 saturated carbocycles. The van der Waals surface area contributed by atoms with Crippen LogP contribution in [0.2, 0.25) is 0 Å². The number of nitrogens with two attached hydrogens (primary N) is 1. The Balaban J connectivity index is 2.36. The van der Waals surface area contributed by atoms with Gasteiger partial charge in [-0.1, -0.05) is 39.5 Å². The van der Waals surface area contributed by atoms with Gasteiger partial charge in [-0.25, -0.2) is 0 Å². The second-order valence-electron chi connectivity index (χ2n) is 4.77. The maximum atomic E-state index is 6.05. The first-order valence-corrected chi connectivity index (χ1v) is 6.06. The van der Waals surface area contributed by atoms with Crippen molar-refractivity contribution in [1.29, 1.82) is 0 Å². The molecule has 0 saturated heterocycles. The van der Waals surface area contributed by atoms with Crippen LogP contribution < -0.4 is 5.73 Å². The average Bonchev–Trinajstić information content (AvgIpc) is 2.27. The Morgan fingerprint density at radius 2 is 1.93 bits per heavy atom. The molecule has 1 unspecified atom stereocenters. The van der Waals surface area contributed by atoms with Crippen molar-refractivity contribution < 1.29 is 4.74 Å². The third kappa shape index (κ3) is 3.25. The summed E-state index contributed by atoms with van der Waals surface area (Å²) in [6.45, 7) is 6.04. The molecule has 1 atom stereocenters. The van der Waals surface area contributed by atoms with Crippen molar-refractivity contribution >= 4 is 0 Å². The van der Waals surface area contributed by atoms with Gasteiger partial charge in [0, 0.05) is 13.2 Å². The van der Waals surface area contributed by atoms with Crippen molar-refractivity contribution in [2.45, 2.75) is 58.0 Å².